The predicted molar refractivity (Wildman–Crippen MR) is 84.1 cm³/mol. The fourth-order valence-electron chi connectivity index (χ4n) is 3.48. The van der Waals surface area contributed by atoms with Crippen molar-refractivity contribution in [1.29, 1.82) is 0 Å². The average molecular weight is 316 g/mol. The maximum absolute atomic E-state index is 12.1. The van der Waals surface area contributed by atoms with Crippen LogP contribution in [0.25, 0.3) is 0 Å². The van der Waals surface area contributed by atoms with E-state index < -0.39 is 11.9 Å². The van der Waals surface area contributed by atoms with E-state index in [0.29, 0.717) is 0 Å². The van der Waals surface area contributed by atoms with Crippen molar-refractivity contribution >= 4 is 23.5 Å². The smallest absolute Gasteiger partial charge is 0.396 e. The molecule has 0 saturated carbocycles. The van der Waals surface area contributed by atoms with Gasteiger partial charge in [-0.05, 0) is 60.8 Å². The molecule has 0 spiro atoms. The highest BCUT2D eigenvalue weighted by molar-refractivity contribution is 6.32. The van der Waals surface area contributed by atoms with Gasteiger partial charge in [-0.3, -0.25) is 9.59 Å². The Hall–Kier alpha value is -2.37. The van der Waals surface area contributed by atoms with E-state index in [1.54, 1.807) is 0 Å². The molecule has 0 radical (unpaired) electrons. The number of methoxy groups -OCH3 is 1. The average Bonchev–Trinajstić information content (AvgIpc) is 3.20. The number of fused-ring (bicyclic) bond motifs is 2. The van der Waals surface area contributed by atoms with Crippen LogP contribution in [0.2, 0.25) is 0 Å². The summed E-state index contributed by atoms with van der Waals surface area (Å²) in [5.41, 5.74) is 6.07. The Balaban J connectivity index is 1.72. The SMILES string of the molecule is COC(=O)C(=O)NCC(=O)Nc1c2c(cc3c1CCC3)CCC2. The van der Waals surface area contributed by atoms with Crippen LogP contribution in [0.15, 0.2) is 6.07 Å². The first kappa shape index (κ1) is 15.5. The van der Waals surface area contributed by atoms with Crippen LogP contribution in [-0.2, 0) is 44.8 Å². The normalized spacial score (nSPS) is 14.8. The Kier molecular flexibility index (Phi) is 4.32. The Morgan fingerprint density at radius 1 is 1.04 bits per heavy atom. The molecule has 0 aromatic heterocycles. The van der Waals surface area contributed by atoms with Gasteiger partial charge in [0.2, 0.25) is 5.91 Å². The van der Waals surface area contributed by atoms with E-state index in [0.717, 1.165) is 51.3 Å². The number of carbonyl (C=O) groups excluding carboxylic acids is 3. The van der Waals surface area contributed by atoms with Crippen LogP contribution in [0, 0.1) is 0 Å². The lowest BCUT2D eigenvalue weighted by molar-refractivity contribution is -0.152. The molecule has 23 heavy (non-hydrogen) atoms. The maximum Gasteiger partial charge on any atom is 0.396 e. The lowest BCUT2D eigenvalue weighted by Crippen LogP contribution is -2.37. The third-order valence-electron chi connectivity index (χ3n) is 4.52. The third kappa shape index (κ3) is 3.06. The molecule has 0 atom stereocenters. The lowest BCUT2D eigenvalue weighted by Gasteiger charge is -2.16. The summed E-state index contributed by atoms with van der Waals surface area (Å²) in [6, 6.07) is 2.29. The minimum absolute atomic E-state index is 0.244. The molecule has 0 unspecified atom stereocenters. The fraction of sp³-hybridized carbons (Fsp3) is 0.471. The number of hydrogen-bond donors (Lipinski definition) is 2. The van der Waals surface area contributed by atoms with Crippen molar-refractivity contribution in [3.05, 3.63) is 28.3 Å². The summed E-state index contributed by atoms with van der Waals surface area (Å²) in [5.74, 6) is -2.23. The summed E-state index contributed by atoms with van der Waals surface area (Å²) >= 11 is 0. The standard InChI is InChI=1S/C17H20N2O4/c1-23-17(22)16(21)18-9-14(20)19-15-12-6-2-4-10(12)8-11-5-3-7-13(11)15/h8H,2-7,9H2,1H3,(H,18,21)(H,19,20). The number of amides is 2. The van der Waals surface area contributed by atoms with Crippen LogP contribution < -0.4 is 10.6 Å². The van der Waals surface area contributed by atoms with E-state index in [1.165, 1.54) is 22.3 Å². The van der Waals surface area contributed by atoms with E-state index in [2.05, 4.69) is 21.4 Å². The van der Waals surface area contributed by atoms with E-state index in [-0.39, 0.29) is 12.5 Å². The van der Waals surface area contributed by atoms with Crippen LogP contribution in [0.3, 0.4) is 0 Å². The van der Waals surface area contributed by atoms with Gasteiger partial charge in [-0.2, -0.15) is 0 Å². The highest BCUT2D eigenvalue weighted by atomic mass is 16.5. The second-order valence-electron chi connectivity index (χ2n) is 5.96. The van der Waals surface area contributed by atoms with Crippen molar-refractivity contribution in [2.45, 2.75) is 38.5 Å². The van der Waals surface area contributed by atoms with Crippen molar-refractivity contribution in [2.24, 2.45) is 0 Å². The molecular weight excluding hydrogens is 296 g/mol. The molecule has 1 aromatic carbocycles. The molecule has 0 aliphatic heterocycles. The second kappa shape index (κ2) is 6.40. The molecule has 6 heteroatoms. The summed E-state index contributed by atoms with van der Waals surface area (Å²) in [5, 5.41) is 5.21. The number of ether oxygens (including phenoxy) is 1. The molecule has 6 nitrogen and oxygen atoms in total. The Labute approximate surface area is 134 Å². The molecule has 3 rings (SSSR count). The predicted octanol–water partition coefficient (Wildman–Crippen LogP) is 0.892. The topological polar surface area (TPSA) is 84.5 Å². The highest BCUT2D eigenvalue weighted by Gasteiger charge is 2.25. The van der Waals surface area contributed by atoms with Gasteiger partial charge in [-0.25, -0.2) is 4.79 Å². The summed E-state index contributed by atoms with van der Waals surface area (Å²) in [6.45, 7) is -0.244. The fourth-order valence-corrected chi connectivity index (χ4v) is 3.48. The van der Waals surface area contributed by atoms with Crippen LogP contribution >= 0.6 is 0 Å². The third-order valence-corrected chi connectivity index (χ3v) is 4.52. The van der Waals surface area contributed by atoms with Crippen molar-refractivity contribution in [3.8, 4) is 0 Å². The van der Waals surface area contributed by atoms with Gasteiger partial charge in [-0.15, -0.1) is 0 Å². The first-order valence-corrected chi connectivity index (χ1v) is 7.92. The summed E-state index contributed by atoms with van der Waals surface area (Å²) in [4.78, 5) is 34.5. The van der Waals surface area contributed by atoms with Crippen LogP contribution in [0.5, 0.6) is 0 Å². The minimum atomic E-state index is -1.00. The molecule has 0 heterocycles. The molecule has 122 valence electrons. The van der Waals surface area contributed by atoms with Gasteiger partial charge in [0.1, 0.15) is 0 Å². The van der Waals surface area contributed by atoms with Gasteiger partial charge >= 0.3 is 11.9 Å². The van der Waals surface area contributed by atoms with Crippen LogP contribution in [-0.4, -0.2) is 31.4 Å². The monoisotopic (exact) mass is 316 g/mol. The van der Waals surface area contributed by atoms with E-state index in [4.69, 9.17) is 0 Å². The van der Waals surface area contributed by atoms with Crippen LogP contribution in [0.1, 0.15) is 35.1 Å². The Morgan fingerprint density at radius 2 is 1.65 bits per heavy atom. The lowest BCUT2D eigenvalue weighted by atomic mass is 9.98. The molecule has 0 fully saturated rings. The van der Waals surface area contributed by atoms with Crippen molar-refractivity contribution in [2.75, 3.05) is 19.0 Å². The summed E-state index contributed by atoms with van der Waals surface area (Å²) < 4.78 is 4.30. The zero-order valence-electron chi connectivity index (χ0n) is 13.2. The Bertz CT molecular complexity index is 649. The summed E-state index contributed by atoms with van der Waals surface area (Å²) in [6.07, 6.45) is 6.30. The van der Waals surface area contributed by atoms with Crippen molar-refractivity contribution in [1.82, 2.24) is 5.32 Å². The largest absolute Gasteiger partial charge is 0.462 e. The number of benzene rings is 1. The number of nitrogens with one attached hydrogen (secondary N) is 2. The molecule has 0 bridgehead atoms. The van der Waals surface area contributed by atoms with Gasteiger partial charge < -0.3 is 15.4 Å². The number of esters is 1. The van der Waals surface area contributed by atoms with E-state index in [1.807, 2.05) is 0 Å². The van der Waals surface area contributed by atoms with Gasteiger partial charge in [0.15, 0.2) is 0 Å². The number of carbonyl (C=O) groups is 3. The van der Waals surface area contributed by atoms with Gasteiger partial charge in [0.05, 0.1) is 13.7 Å². The van der Waals surface area contributed by atoms with Crippen LogP contribution in [0.4, 0.5) is 5.69 Å². The molecule has 2 aliphatic carbocycles. The molecule has 2 aliphatic rings. The molecule has 1 aromatic rings. The quantitative estimate of drug-likeness (QED) is 0.641. The Morgan fingerprint density at radius 3 is 2.22 bits per heavy atom. The number of rotatable bonds is 3. The van der Waals surface area contributed by atoms with Gasteiger partial charge in [0.25, 0.3) is 0 Å². The van der Waals surface area contributed by atoms with E-state index in [9.17, 15) is 14.4 Å². The van der Waals surface area contributed by atoms with Crippen molar-refractivity contribution in [3.63, 3.8) is 0 Å². The minimum Gasteiger partial charge on any atom is -0.462 e. The molecular formula is C17H20N2O4. The zero-order valence-corrected chi connectivity index (χ0v) is 13.2. The van der Waals surface area contributed by atoms with E-state index >= 15 is 0 Å². The highest BCUT2D eigenvalue weighted by Crippen LogP contribution is 2.38. The number of aryl methyl sites for hydroxylation is 2. The number of hydrogen-bond acceptors (Lipinski definition) is 4. The molecule has 0 saturated heterocycles. The molecule has 2 N–H and O–H groups in total. The van der Waals surface area contributed by atoms with Gasteiger partial charge in [-0.1, -0.05) is 6.07 Å². The maximum atomic E-state index is 12.1. The first-order chi connectivity index (χ1) is 11.1. The zero-order chi connectivity index (χ0) is 16.4. The second-order valence-corrected chi connectivity index (χ2v) is 5.96. The number of anilines is 1. The van der Waals surface area contributed by atoms with Crippen molar-refractivity contribution < 1.29 is 19.1 Å². The summed E-state index contributed by atoms with van der Waals surface area (Å²) in [7, 11) is 1.12. The van der Waals surface area contributed by atoms with Gasteiger partial charge in [0, 0.05) is 5.69 Å². The molecule has 2 amide bonds. The first-order valence-electron chi connectivity index (χ1n) is 7.92.